The van der Waals surface area contributed by atoms with Crippen LogP contribution < -0.4 is 9.47 Å². The van der Waals surface area contributed by atoms with Gasteiger partial charge in [-0.05, 0) is 0 Å². The molecule has 1 atom stereocenters. The minimum absolute atomic E-state index is 0.0239. The quantitative estimate of drug-likeness (QED) is 0.714. The fourth-order valence-electron chi connectivity index (χ4n) is 1.53. The number of carbonyl (C=O) groups excluding carboxylic acids is 1. The van der Waals surface area contributed by atoms with Crippen LogP contribution in [0.4, 0.5) is 0 Å². The number of aromatic nitrogens is 1. The first-order valence-electron chi connectivity index (χ1n) is 5.07. The fourth-order valence-corrected chi connectivity index (χ4v) is 1.53. The minimum Gasteiger partial charge on any atom is -0.491 e. The van der Waals surface area contributed by atoms with E-state index in [0.717, 1.165) is 6.42 Å². The van der Waals surface area contributed by atoms with Crippen LogP contribution in [0.1, 0.15) is 16.9 Å². The molecule has 86 valence electrons. The van der Waals surface area contributed by atoms with Gasteiger partial charge in [-0.1, -0.05) is 0 Å². The molecular weight excluding hydrogens is 210 g/mol. The van der Waals surface area contributed by atoms with E-state index in [1.54, 1.807) is 6.07 Å². The lowest BCUT2D eigenvalue weighted by atomic mass is 10.3. The summed E-state index contributed by atoms with van der Waals surface area (Å²) in [5, 5.41) is 0. The van der Waals surface area contributed by atoms with E-state index < -0.39 is 0 Å². The molecule has 1 aliphatic heterocycles. The first-order chi connectivity index (χ1) is 7.83. The second-order valence-corrected chi connectivity index (χ2v) is 3.48. The van der Waals surface area contributed by atoms with Crippen molar-refractivity contribution < 1.29 is 19.0 Å². The zero-order chi connectivity index (χ0) is 11.4. The summed E-state index contributed by atoms with van der Waals surface area (Å²) in [7, 11) is 1.54. The monoisotopic (exact) mass is 223 g/mol. The standard InChI is InChI=1S/C11H13NO4/c1-14-11-5-12-8(6-13)4-10(11)16-9-2-3-15-7-9/h4-6,9H,2-3,7H2,1H3. The lowest BCUT2D eigenvalue weighted by Crippen LogP contribution is -2.16. The second kappa shape index (κ2) is 4.94. The summed E-state index contributed by atoms with van der Waals surface area (Å²) >= 11 is 0. The van der Waals surface area contributed by atoms with E-state index in [2.05, 4.69) is 4.98 Å². The van der Waals surface area contributed by atoms with Crippen LogP contribution in [0.25, 0.3) is 0 Å². The van der Waals surface area contributed by atoms with Crippen molar-refractivity contribution in [2.24, 2.45) is 0 Å². The van der Waals surface area contributed by atoms with Crippen LogP contribution in [-0.2, 0) is 4.74 Å². The molecule has 0 spiro atoms. The minimum atomic E-state index is 0.0239. The molecule has 0 saturated carbocycles. The van der Waals surface area contributed by atoms with Crippen LogP contribution in [0.15, 0.2) is 12.3 Å². The van der Waals surface area contributed by atoms with Crippen LogP contribution in [0.2, 0.25) is 0 Å². The largest absolute Gasteiger partial charge is 0.491 e. The van der Waals surface area contributed by atoms with Crippen LogP contribution in [0, 0.1) is 0 Å². The maximum absolute atomic E-state index is 10.6. The van der Waals surface area contributed by atoms with Crippen molar-refractivity contribution in [3.05, 3.63) is 18.0 Å². The van der Waals surface area contributed by atoms with E-state index in [9.17, 15) is 4.79 Å². The van der Waals surface area contributed by atoms with Gasteiger partial charge in [-0.25, -0.2) is 4.98 Å². The maximum Gasteiger partial charge on any atom is 0.179 e. The highest BCUT2D eigenvalue weighted by atomic mass is 16.6. The Morgan fingerprint density at radius 2 is 2.44 bits per heavy atom. The summed E-state index contributed by atoms with van der Waals surface area (Å²) < 4.78 is 16.0. The van der Waals surface area contributed by atoms with Gasteiger partial charge >= 0.3 is 0 Å². The Morgan fingerprint density at radius 3 is 3.06 bits per heavy atom. The molecule has 1 aromatic rings. The first kappa shape index (κ1) is 10.9. The van der Waals surface area contributed by atoms with E-state index >= 15 is 0 Å². The van der Waals surface area contributed by atoms with Crippen LogP contribution in [0.5, 0.6) is 11.5 Å². The van der Waals surface area contributed by atoms with Gasteiger partial charge in [0.2, 0.25) is 0 Å². The van der Waals surface area contributed by atoms with Crippen molar-refractivity contribution in [3.63, 3.8) is 0 Å². The van der Waals surface area contributed by atoms with E-state index in [-0.39, 0.29) is 6.10 Å². The zero-order valence-corrected chi connectivity index (χ0v) is 9.01. The summed E-state index contributed by atoms with van der Waals surface area (Å²) in [6.07, 6.45) is 3.03. The lowest BCUT2D eigenvalue weighted by Gasteiger charge is -2.14. The molecule has 0 aliphatic carbocycles. The van der Waals surface area contributed by atoms with Gasteiger partial charge < -0.3 is 14.2 Å². The Balaban J connectivity index is 2.18. The number of aldehydes is 1. The smallest absolute Gasteiger partial charge is 0.179 e. The molecule has 1 fully saturated rings. The predicted molar refractivity (Wildman–Crippen MR) is 56.0 cm³/mol. The maximum atomic E-state index is 10.6. The molecule has 0 N–H and O–H groups in total. The lowest BCUT2D eigenvalue weighted by molar-refractivity contribution is 0.111. The third kappa shape index (κ3) is 2.30. The molecule has 1 aliphatic rings. The van der Waals surface area contributed by atoms with Crippen LogP contribution in [0.3, 0.4) is 0 Å². The van der Waals surface area contributed by atoms with Gasteiger partial charge in [0.15, 0.2) is 17.8 Å². The Hall–Kier alpha value is -1.62. The van der Waals surface area contributed by atoms with E-state index in [0.29, 0.717) is 36.7 Å². The third-order valence-corrected chi connectivity index (χ3v) is 2.37. The molecule has 0 radical (unpaired) electrons. The normalized spacial score (nSPS) is 19.4. The third-order valence-electron chi connectivity index (χ3n) is 2.37. The average molecular weight is 223 g/mol. The molecule has 16 heavy (non-hydrogen) atoms. The Bertz CT molecular complexity index is 374. The number of ether oxygens (including phenoxy) is 3. The number of nitrogens with zero attached hydrogens (tertiary/aromatic N) is 1. The molecule has 1 saturated heterocycles. The average Bonchev–Trinajstić information content (AvgIpc) is 2.82. The number of methoxy groups -OCH3 is 1. The fraction of sp³-hybridized carbons (Fsp3) is 0.455. The van der Waals surface area contributed by atoms with Gasteiger partial charge in [0, 0.05) is 12.5 Å². The van der Waals surface area contributed by atoms with Crippen molar-refractivity contribution in [2.45, 2.75) is 12.5 Å². The van der Waals surface area contributed by atoms with Gasteiger partial charge in [-0.15, -0.1) is 0 Å². The number of pyridine rings is 1. The first-order valence-corrected chi connectivity index (χ1v) is 5.07. The topological polar surface area (TPSA) is 57.7 Å². The molecule has 2 heterocycles. The van der Waals surface area contributed by atoms with Crippen molar-refractivity contribution in [2.75, 3.05) is 20.3 Å². The van der Waals surface area contributed by atoms with Crippen LogP contribution in [-0.4, -0.2) is 37.7 Å². The molecule has 0 bridgehead atoms. The molecule has 5 nitrogen and oxygen atoms in total. The summed E-state index contributed by atoms with van der Waals surface area (Å²) in [6, 6.07) is 1.57. The number of rotatable bonds is 4. The molecule has 2 rings (SSSR count). The predicted octanol–water partition coefficient (Wildman–Crippen LogP) is 1.07. The van der Waals surface area contributed by atoms with Crippen molar-refractivity contribution in [1.82, 2.24) is 4.98 Å². The number of hydrogen-bond donors (Lipinski definition) is 0. The van der Waals surface area contributed by atoms with Crippen molar-refractivity contribution >= 4 is 6.29 Å². The molecule has 0 amide bonds. The number of carbonyl (C=O) groups is 1. The van der Waals surface area contributed by atoms with E-state index in [1.165, 1.54) is 13.3 Å². The molecule has 1 aromatic heterocycles. The highest BCUT2D eigenvalue weighted by Crippen LogP contribution is 2.28. The second-order valence-electron chi connectivity index (χ2n) is 3.48. The molecular formula is C11H13NO4. The summed E-state index contributed by atoms with van der Waals surface area (Å²) in [5.41, 5.74) is 0.328. The van der Waals surface area contributed by atoms with Gasteiger partial charge in [-0.2, -0.15) is 0 Å². The van der Waals surface area contributed by atoms with Gasteiger partial charge in [0.25, 0.3) is 0 Å². The van der Waals surface area contributed by atoms with Crippen LogP contribution >= 0.6 is 0 Å². The Morgan fingerprint density at radius 1 is 1.56 bits per heavy atom. The Labute approximate surface area is 93.3 Å². The van der Waals surface area contributed by atoms with Gasteiger partial charge in [0.05, 0.1) is 26.5 Å². The Kier molecular flexibility index (Phi) is 3.36. The highest BCUT2D eigenvalue weighted by Gasteiger charge is 2.19. The molecule has 5 heteroatoms. The van der Waals surface area contributed by atoms with Crippen molar-refractivity contribution in [1.29, 1.82) is 0 Å². The number of hydrogen-bond acceptors (Lipinski definition) is 5. The SMILES string of the molecule is COc1cnc(C=O)cc1OC1CCOC1. The summed E-state index contributed by atoms with van der Waals surface area (Å²) in [4.78, 5) is 14.5. The van der Waals surface area contributed by atoms with Gasteiger partial charge in [-0.3, -0.25) is 4.79 Å². The van der Waals surface area contributed by atoms with E-state index in [1.807, 2.05) is 0 Å². The molecule has 0 aromatic carbocycles. The zero-order valence-electron chi connectivity index (χ0n) is 9.01. The molecule has 1 unspecified atom stereocenters. The summed E-state index contributed by atoms with van der Waals surface area (Å²) in [6.45, 7) is 1.28. The summed E-state index contributed by atoms with van der Waals surface area (Å²) in [5.74, 6) is 1.06. The van der Waals surface area contributed by atoms with Crippen molar-refractivity contribution in [3.8, 4) is 11.5 Å². The van der Waals surface area contributed by atoms with Gasteiger partial charge in [0.1, 0.15) is 11.8 Å². The van der Waals surface area contributed by atoms with E-state index in [4.69, 9.17) is 14.2 Å². The highest BCUT2D eigenvalue weighted by molar-refractivity contribution is 5.73.